The summed E-state index contributed by atoms with van der Waals surface area (Å²) in [7, 11) is 1.85. The van der Waals surface area contributed by atoms with Gasteiger partial charge in [-0.25, -0.2) is 4.98 Å². The fourth-order valence-electron chi connectivity index (χ4n) is 2.82. The van der Waals surface area contributed by atoms with E-state index in [4.69, 9.17) is 0 Å². The smallest absolute Gasteiger partial charge is 0.272 e. The molecular formula is C17H27N3O. The van der Waals surface area contributed by atoms with E-state index in [1.807, 2.05) is 25.4 Å². The van der Waals surface area contributed by atoms with Crippen LogP contribution in [0.3, 0.4) is 0 Å². The molecule has 2 rings (SSSR count). The monoisotopic (exact) mass is 289 g/mol. The zero-order valence-corrected chi connectivity index (χ0v) is 13.5. The molecule has 1 aromatic heterocycles. The molecule has 1 fully saturated rings. The first-order valence-electron chi connectivity index (χ1n) is 8.08. The lowest BCUT2D eigenvalue weighted by molar-refractivity contribution is 0.0787. The highest BCUT2D eigenvalue weighted by Gasteiger charge is 2.18. The second-order valence-corrected chi connectivity index (χ2v) is 6.18. The topological polar surface area (TPSA) is 36.4 Å². The van der Waals surface area contributed by atoms with Gasteiger partial charge in [-0.15, -0.1) is 0 Å². The molecule has 1 atom stereocenters. The molecule has 4 heteroatoms. The Morgan fingerprint density at radius 3 is 2.90 bits per heavy atom. The molecule has 0 N–H and O–H groups in total. The number of carbonyl (C=O) groups excluding carboxylic acids is 1. The molecule has 2 heterocycles. The first kappa shape index (κ1) is 15.8. The number of hydrogen-bond donors (Lipinski definition) is 0. The van der Waals surface area contributed by atoms with Crippen LogP contribution < -0.4 is 4.90 Å². The largest absolute Gasteiger partial charge is 0.370 e. The minimum Gasteiger partial charge on any atom is -0.370 e. The lowest BCUT2D eigenvalue weighted by Gasteiger charge is -2.32. The zero-order valence-electron chi connectivity index (χ0n) is 13.5. The van der Waals surface area contributed by atoms with Crippen LogP contribution in [0.15, 0.2) is 18.3 Å². The van der Waals surface area contributed by atoms with E-state index in [2.05, 4.69) is 23.7 Å². The van der Waals surface area contributed by atoms with Crippen molar-refractivity contribution >= 4 is 11.6 Å². The molecule has 1 amide bonds. The van der Waals surface area contributed by atoms with Crippen LogP contribution in [0, 0.1) is 5.92 Å². The maximum Gasteiger partial charge on any atom is 0.272 e. The Kier molecular flexibility index (Phi) is 5.59. The number of pyridine rings is 1. The third-order valence-electron chi connectivity index (χ3n) is 4.18. The Hall–Kier alpha value is -1.58. The van der Waals surface area contributed by atoms with Crippen LogP contribution in [0.2, 0.25) is 0 Å². The lowest BCUT2D eigenvalue weighted by atomic mass is 10.00. The minimum absolute atomic E-state index is 0.0158. The van der Waals surface area contributed by atoms with Gasteiger partial charge in [-0.05, 0) is 37.3 Å². The molecular weight excluding hydrogens is 262 g/mol. The molecule has 1 saturated heterocycles. The van der Waals surface area contributed by atoms with Gasteiger partial charge in [-0.3, -0.25) is 4.79 Å². The fourth-order valence-corrected chi connectivity index (χ4v) is 2.82. The molecule has 0 saturated carbocycles. The highest BCUT2D eigenvalue weighted by atomic mass is 16.2. The molecule has 4 nitrogen and oxygen atoms in total. The van der Waals surface area contributed by atoms with Crippen LogP contribution >= 0.6 is 0 Å². The molecule has 1 aromatic rings. The first-order valence-corrected chi connectivity index (χ1v) is 8.08. The van der Waals surface area contributed by atoms with Crippen LogP contribution in [-0.4, -0.2) is 42.5 Å². The Morgan fingerprint density at radius 2 is 2.29 bits per heavy atom. The molecule has 1 aliphatic heterocycles. The lowest BCUT2D eigenvalue weighted by Crippen LogP contribution is -2.34. The Balaban J connectivity index is 1.99. The summed E-state index contributed by atoms with van der Waals surface area (Å²) in [4.78, 5) is 20.7. The summed E-state index contributed by atoms with van der Waals surface area (Å²) in [5, 5.41) is 0. The number of hydrogen-bond acceptors (Lipinski definition) is 3. The van der Waals surface area contributed by atoms with Crippen LogP contribution in [0.1, 0.15) is 50.0 Å². The summed E-state index contributed by atoms with van der Waals surface area (Å²) < 4.78 is 0. The number of carbonyl (C=O) groups is 1. The summed E-state index contributed by atoms with van der Waals surface area (Å²) in [6, 6.07) is 3.89. The van der Waals surface area contributed by atoms with E-state index < -0.39 is 0 Å². The number of anilines is 1. The van der Waals surface area contributed by atoms with E-state index in [-0.39, 0.29) is 5.91 Å². The van der Waals surface area contributed by atoms with Gasteiger partial charge in [0.25, 0.3) is 5.91 Å². The van der Waals surface area contributed by atoms with Crippen LogP contribution in [0.5, 0.6) is 0 Å². The predicted molar refractivity (Wildman–Crippen MR) is 86.7 cm³/mol. The fraction of sp³-hybridized carbons (Fsp3) is 0.647. The van der Waals surface area contributed by atoms with E-state index in [0.717, 1.165) is 44.1 Å². The third-order valence-corrected chi connectivity index (χ3v) is 4.18. The number of rotatable bonds is 5. The summed E-state index contributed by atoms with van der Waals surface area (Å²) in [6.07, 6.45) is 6.52. The Labute approximate surface area is 128 Å². The summed E-state index contributed by atoms with van der Waals surface area (Å²) in [6.45, 7) is 7.40. The highest BCUT2D eigenvalue weighted by molar-refractivity contribution is 5.92. The van der Waals surface area contributed by atoms with Crippen molar-refractivity contribution in [3.8, 4) is 0 Å². The van der Waals surface area contributed by atoms with Crippen molar-refractivity contribution < 1.29 is 4.79 Å². The molecule has 0 radical (unpaired) electrons. The Morgan fingerprint density at radius 1 is 1.48 bits per heavy atom. The van der Waals surface area contributed by atoms with Gasteiger partial charge in [-0.1, -0.05) is 20.3 Å². The quantitative estimate of drug-likeness (QED) is 0.835. The van der Waals surface area contributed by atoms with Crippen molar-refractivity contribution in [1.82, 2.24) is 9.88 Å². The first-order chi connectivity index (χ1) is 10.1. The van der Waals surface area contributed by atoms with Gasteiger partial charge >= 0.3 is 0 Å². The van der Waals surface area contributed by atoms with Crippen molar-refractivity contribution in [2.45, 2.75) is 39.5 Å². The molecule has 21 heavy (non-hydrogen) atoms. The van der Waals surface area contributed by atoms with E-state index in [1.54, 1.807) is 4.90 Å². The van der Waals surface area contributed by atoms with Crippen LogP contribution in [-0.2, 0) is 0 Å². The van der Waals surface area contributed by atoms with Crippen molar-refractivity contribution in [2.75, 3.05) is 31.6 Å². The Bertz CT molecular complexity index is 458. The number of unbranched alkanes of at least 4 members (excludes halogenated alkanes) is 1. The molecule has 1 unspecified atom stereocenters. The minimum atomic E-state index is 0.0158. The zero-order chi connectivity index (χ0) is 15.2. The predicted octanol–water partition coefficient (Wildman–Crippen LogP) is 3.19. The van der Waals surface area contributed by atoms with Gasteiger partial charge in [0.15, 0.2) is 0 Å². The summed E-state index contributed by atoms with van der Waals surface area (Å²) >= 11 is 0. The normalized spacial score (nSPS) is 18.6. The molecule has 1 aliphatic rings. The van der Waals surface area contributed by atoms with Gasteiger partial charge in [0.2, 0.25) is 0 Å². The maximum absolute atomic E-state index is 12.2. The molecule has 0 spiro atoms. The van der Waals surface area contributed by atoms with Crippen LogP contribution in [0.25, 0.3) is 0 Å². The van der Waals surface area contributed by atoms with E-state index >= 15 is 0 Å². The molecule has 0 aromatic carbocycles. The van der Waals surface area contributed by atoms with E-state index in [9.17, 15) is 4.79 Å². The molecule has 0 bridgehead atoms. The van der Waals surface area contributed by atoms with Crippen molar-refractivity contribution in [3.63, 3.8) is 0 Å². The van der Waals surface area contributed by atoms with Gasteiger partial charge in [0.1, 0.15) is 5.69 Å². The highest BCUT2D eigenvalue weighted by Crippen LogP contribution is 2.22. The van der Waals surface area contributed by atoms with Gasteiger partial charge in [-0.2, -0.15) is 0 Å². The summed E-state index contributed by atoms with van der Waals surface area (Å²) in [5.74, 6) is 0.752. The number of piperidine rings is 1. The van der Waals surface area contributed by atoms with Crippen molar-refractivity contribution in [2.24, 2.45) is 5.92 Å². The average Bonchev–Trinajstić information content (AvgIpc) is 2.52. The number of amides is 1. The van der Waals surface area contributed by atoms with E-state index in [1.165, 1.54) is 12.8 Å². The number of nitrogens with zero attached hydrogens (tertiary/aromatic N) is 3. The standard InChI is InChI=1S/C17H27N3O/c1-4-5-10-19(3)17(21)16-9-8-15(12-18-16)20-11-6-7-14(2)13-20/h8-9,12,14H,4-7,10-11,13H2,1-3H3. The van der Waals surface area contributed by atoms with Gasteiger partial charge < -0.3 is 9.80 Å². The second kappa shape index (κ2) is 7.43. The average molecular weight is 289 g/mol. The van der Waals surface area contributed by atoms with Gasteiger partial charge in [0, 0.05) is 26.7 Å². The van der Waals surface area contributed by atoms with Crippen molar-refractivity contribution in [3.05, 3.63) is 24.0 Å². The summed E-state index contributed by atoms with van der Waals surface area (Å²) in [5.41, 5.74) is 1.68. The van der Waals surface area contributed by atoms with Gasteiger partial charge in [0.05, 0.1) is 11.9 Å². The number of aromatic nitrogens is 1. The van der Waals surface area contributed by atoms with Crippen LogP contribution in [0.4, 0.5) is 5.69 Å². The SMILES string of the molecule is CCCCN(C)C(=O)c1ccc(N2CCCC(C)C2)cn1. The van der Waals surface area contributed by atoms with Crippen molar-refractivity contribution in [1.29, 1.82) is 0 Å². The molecule has 0 aliphatic carbocycles. The van der Waals surface area contributed by atoms with E-state index in [0.29, 0.717) is 5.69 Å². The molecule has 116 valence electrons. The second-order valence-electron chi connectivity index (χ2n) is 6.18. The maximum atomic E-state index is 12.2. The third kappa shape index (κ3) is 4.19.